The normalized spacial score (nSPS) is 15.8. The summed E-state index contributed by atoms with van der Waals surface area (Å²) in [6, 6.07) is 0. The molecule has 1 amide bonds. The van der Waals surface area contributed by atoms with Gasteiger partial charge in [-0.1, -0.05) is 13.8 Å². The molecule has 6 nitrogen and oxygen atoms in total. The van der Waals surface area contributed by atoms with E-state index in [1.165, 1.54) is 19.3 Å². The molecule has 0 saturated carbocycles. The highest BCUT2D eigenvalue weighted by Gasteiger charge is 2.15. The van der Waals surface area contributed by atoms with Gasteiger partial charge in [0.25, 0.3) is 0 Å². The second-order valence-electron chi connectivity index (χ2n) is 6.45. The van der Waals surface area contributed by atoms with Crippen molar-refractivity contribution in [2.45, 2.75) is 40.0 Å². The van der Waals surface area contributed by atoms with Gasteiger partial charge in [0.15, 0.2) is 5.96 Å². The van der Waals surface area contributed by atoms with Gasteiger partial charge in [-0.05, 0) is 32.1 Å². The Balaban J connectivity index is 0.00000529. The molecule has 24 heavy (non-hydrogen) atoms. The van der Waals surface area contributed by atoms with E-state index in [-0.39, 0.29) is 35.8 Å². The van der Waals surface area contributed by atoms with Gasteiger partial charge in [-0.3, -0.25) is 9.79 Å². The van der Waals surface area contributed by atoms with Crippen LogP contribution in [0.5, 0.6) is 0 Å². The van der Waals surface area contributed by atoms with E-state index in [1.54, 1.807) is 0 Å². The van der Waals surface area contributed by atoms with Crippen molar-refractivity contribution in [3.05, 3.63) is 0 Å². The Morgan fingerprint density at radius 1 is 1.29 bits per heavy atom. The average molecular weight is 454 g/mol. The average Bonchev–Trinajstić information content (AvgIpc) is 2.56. The minimum absolute atomic E-state index is 0. The molecule has 2 N–H and O–H groups in total. The molecule has 142 valence electrons. The van der Waals surface area contributed by atoms with E-state index in [0.717, 1.165) is 38.2 Å². The molecule has 1 aliphatic rings. The summed E-state index contributed by atoms with van der Waals surface area (Å²) < 4.78 is 5.41. The molecule has 0 aromatic carbocycles. The van der Waals surface area contributed by atoms with Crippen molar-refractivity contribution in [2.75, 3.05) is 46.4 Å². The lowest BCUT2D eigenvalue weighted by Crippen LogP contribution is -2.40. The van der Waals surface area contributed by atoms with Crippen molar-refractivity contribution >= 4 is 35.8 Å². The van der Waals surface area contributed by atoms with Crippen LogP contribution in [0.2, 0.25) is 0 Å². The van der Waals surface area contributed by atoms with Gasteiger partial charge in [-0.15, -0.1) is 24.0 Å². The maximum Gasteiger partial charge on any atom is 0.222 e. The molecule has 0 bridgehead atoms. The van der Waals surface area contributed by atoms with Crippen LogP contribution in [0.25, 0.3) is 0 Å². The van der Waals surface area contributed by atoms with E-state index >= 15 is 0 Å². The Bertz CT molecular complexity index is 372. The van der Waals surface area contributed by atoms with E-state index in [1.807, 2.05) is 13.8 Å². The fraction of sp³-hybridized carbons (Fsp3) is 0.882. The van der Waals surface area contributed by atoms with Crippen LogP contribution < -0.4 is 10.6 Å². The molecule has 0 aromatic heterocycles. The molecular weight excluding hydrogens is 419 g/mol. The third-order valence-corrected chi connectivity index (χ3v) is 4.11. The molecule has 1 heterocycles. The molecule has 0 unspecified atom stereocenters. The molecule has 1 fully saturated rings. The van der Waals surface area contributed by atoms with Gasteiger partial charge in [-0.25, -0.2) is 0 Å². The molecule has 0 spiro atoms. The summed E-state index contributed by atoms with van der Waals surface area (Å²) >= 11 is 0. The summed E-state index contributed by atoms with van der Waals surface area (Å²) in [5, 5.41) is 6.22. The fourth-order valence-corrected chi connectivity index (χ4v) is 2.53. The first kappa shape index (κ1) is 23.4. The minimum atomic E-state index is 0. The van der Waals surface area contributed by atoms with Gasteiger partial charge in [0.05, 0.1) is 6.54 Å². The number of nitrogens with one attached hydrogen (secondary N) is 2. The van der Waals surface area contributed by atoms with Crippen molar-refractivity contribution in [3.63, 3.8) is 0 Å². The van der Waals surface area contributed by atoms with Crippen LogP contribution in [0, 0.1) is 11.8 Å². The Morgan fingerprint density at radius 2 is 1.96 bits per heavy atom. The van der Waals surface area contributed by atoms with Gasteiger partial charge >= 0.3 is 0 Å². The zero-order valence-electron chi connectivity index (χ0n) is 15.6. The van der Waals surface area contributed by atoms with Crippen LogP contribution in [-0.2, 0) is 9.53 Å². The van der Waals surface area contributed by atoms with Crippen molar-refractivity contribution < 1.29 is 9.53 Å². The number of halogens is 1. The molecule has 1 saturated heterocycles. The Labute approximate surface area is 164 Å². The maximum atomic E-state index is 11.5. The van der Waals surface area contributed by atoms with Crippen molar-refractivity contribution in [3.8, 4) is 0 Å². The summed E-state index contributed by atoms with van der Waals surface area (Å²) in [6.07, 6.45) is 3.51. The molecule has 1 rings (SSSR count). The first-order valence-corrected chi connectivity index (χ1v) is 8.89. The van der Waals surface area contributed by atoms with E-state index in [4.69, 9.17) is 4.74 Å². The van der Waals surface area contributed by atoms with Gasteiger partial charge in [0.2, 0.25) is 5.91 Å². The molecule has 0 aliphatic carbocycles. The largest absolute Gasteiger partial charge is 0.381 e. The number of amides is 1. The summed E-state index contributed by atoms with van der Waals surface area (Å²) in [7, 11) is 2.08. The van der Waals surface area contributed by atoms with Crippen LogP contribution in [0.1, 0.15) is 40.0 Å². The second-order valence-corrected chi connectivity index (χ2v) is 6.45. The molecular formula is C17H35IN4O2. The lowest BCUT2D eigenvalue weighted by atomic mass is 9.96. The number of carbonyl (C=O) groups is 1. The van der Waals surface area contributed by atoms with Crippen LogP contribution in [0.4, 0.5) is 0 Å². The topological polar surface area (TPSA) is 66.0 Å². The highest BCUT2D eigenvalue weighted by molar-refractivity contribution is 14.0. The van der Waals surface area contributed by atoms with Gasteiger partial charge in [0, 0.05) is 45.8 Å². The standard InChI is InChI=1S/C17H34N4O2.HI/c1-5-18-17(20-10-9-19-16(22)14(2)3)21(4)11-6-15-7-12-23-13-8-15;/h14-15H,5-13H2,1-4H3,(H,18,20)(H,19,22);1H. The monoisotopic (exact) mass is 454 g/mol. The van der Waals surface area contributed by atoms with E-state index in [9.17, 15) is 4.79 Å². The summed E-state index contributed by atoms with van der Waals surface area (Å²) in [6.45, 7) is 10.7. The zero-order valence-corrected chi connectivity index (χ0v) is 18.0. The maximum absolute atomic E-state index is 11.5. The third-order valence-electron chi connectivity index (χ3n) is 4.11. The first-order valence-electron chi connectivity index (χ1n) is 8.89. The third kappa shape index (κ3) is 9.66. The number of aliphatic imine (C=N–C) groups is 1. The highest BCUT2D eigenvalue weighted by Crippen LogP contribution is 2.18. The molecule has 7 heteroatoms. The quantitative estimate of drug-likeness (QED) is 0.255. The first-order chi connectivity index (χ1) is 11.0. The van der Waals surface area contributed by atoms with Crippen LogP contribution in [0.3, 0.4) is 0 Å². The summed E-state index contributed by atoms with van der Waals surface area (Å²) in [5.41, 5.74) is 0. The Hall–Kier alpha value is -0.570. The zero-order chi connectivity index (χ0) is 17.1. The van der Waals surface area contributed by atoms with Crippen LogP contribution >= 0.6 is 24.0 Å². The second kappa shape index (κ2) is 13.7. The van der Waals surface area contributed by atoms with Crippen molar-refractivity contribution in [1.29, 1.82) is 0 Å². The lowest BCUT2D eigenvalue weighted by Gasteiger charge is -2.26. The van der Waals surface area contributed by atoms with E-state index in [2.05, 4.69) is 34.5 Å². The molecule has 0 radical (unpaired) electrons. The van der Waals surface area contributed by atoms with E-state index < -0.39 is 0 Å². The number of hydrogen-bond donors (Lipinski definition) is 2. The number of guanidine groups is 1. The Kier molecular flexibility index (Phi) is 13.4. The van der Waals surface area contributed by atoms with Gasteiger partial charge in [-0.2, -0.15) is 0 Å². The number of hydrogen-bond acceptors (Lipinski definition) is 3. The number of carbonyl (C=O) groups excluding carboxylic acids is 1. The van der Waals surface area contributed by atoms with Crippen LogP contribution in [0.15, 0.2) is 4.99 Å². The predicted molar refractivity (Wildman–Crippen MR) is 110 cm³/mol. The number of rotatable bonds is 8. The number of nitrogens with zero attached hydrogens (tertiary/aromatic N) is 2. The lowest BCUT2D eigenvalue weighted by molar-refractivity contribution is -0.123. The highest BCUT2D eigenvalue weighted by atomic mass is 127. The van der Waals surface area contributed by atoms with Crippen molar-refractivity contribution in [1.82, 2.24) is 15.5 Å². The molecule has 1 aliphatic heterocycles. The summed E-state index contributed by atoms with van der Waals surface area (Å²) in [4.78, 5) is 18.3. The Morgan fingerprint density at radius 3 is 2.54 bits per heavy atom. The van der Waals surface area contributed by atoms with Gasteiger partial charge in [0.1, 0.15) is 0 Å². The summed E-state index contributed by atoms with van der Waals surface area (Å²) in [5.74, 6) is 1.78. The number of ether oxygens (including phenoxy) is 1. The van der Waals surface area contributed by atoms with Gasteiger partial charge < -0.3 is 20.3 Å². The predicted octanol–water partition coefficient (Wildman–Crippen LogP) is 2.09. The van der Waals surface area contributed by atoms with Crippen LogP contribution in [-0.4, -0.2) is 63.2 Å². The fourth-order valence-electron chi connectivity index (χ4n) is 2.53. The van der Waals surface area contributed by atoms with Crippen molar-refractivity contribution in [2.24, 2.45) is 16.8 Å². The molecule has 0 aromatic rings. The molecule has 0 atom stereocenters. The minimum Gasteiger partial charge on any atom is -0.381 e. The van der Waals surface area contributed by atoms with E-state index in [0.29, 0.717) is 13.1 Å². The SMILES string of the molecule is CCNC(=NCCNC(=O)C(C)C)N(C)CCC1CCOCC1.I. The smallest absolute Gasteiger partial charge is 0.222 e.